The summed E-state index contributed by atoms with van der Waals surface area (Å²) < 4.78 is 0. The fourth-order valence-electron chi connectivity index (χ4n) is 6.70. The van der Waals surface area contributed by atoms with Gasteiger partial charge in [0.05, 0.1) is 11.3 Å². The van der Waals surface area contributed by atoms with Crippen LogP contribution in [0.1, 0.15) is 65.3 Å². The molecule has 1 saturated heterocycles. The van der Waals surface area contributed by atoms with Crippen molar-refractivity contribution < 1.29 is 14.4 Å². The van der Waals surface area contributed by atoms with Crippen LogP contribution in [0.2, 0.25) is 0 Å². The van der Waals surface area contributed by atoms with Gasteiger partial charge in [-0.25, -0.2) is 9.69 Å². The zero-order valence-electron chi connectivity index (χ0n) is 22.8. The summed E-state index contributed by atoms with van der Waals surface area (Å²) in [6.45, 7) is 0.521. The van der Waals surface area contributed by atoms with Crippen molar-refractivity contribution >= 4 is 34.4 Å². The van der Waals surface area contributed by atoms with E-state index in [0.29, 0.717) is 24.2 Å². The number of fused-ring (bicyclic) bond motifs is 4. The van der Waals surface area contributed by atoms with Crippen LogP contribution in [-0.4, -0.2) is 40.3 Å². The predicted molar refractivity (Wildman–Crippen MR) is 159 cm³/mol. The summed E-state index contributed by atoms with van der Waals surface area (Å²) in [4.78, 5) is 48.2. The molecule has 1 fully saturated rings. The number of hydrogen-bond acceptors (Lipinski definition) is 3. The number of nitrogens with one attached hydrogen (secondary N) is 2. The SMILES string of the molecule is O=C(NCCC1=CCCCC1)c1ccccc1N1C(=O)[C@@H]2Cc3c([nH]c4ccccc34)[C@@H](c3ccccc3)N2C1=O. The van der Waals surface area contributed by atoms with Crippen LogP contribution in [0.5, 0.6) is 0 Å². The highest BCUT2D eigenvalue weighted by molar-refractivity contribution is 6.24. The van der Waals surface area contributed by atoms with Crippen LogP contribution in [0.4, 0.5) is 10.5 Å². The van der Waals surface area contributed by atoms with Gasteiger partial charge in [0.2, 0.25) is 0 Å². The number of urea groups is 1. The third-order valence-corrected chi connectivity index (χ3v) is 8.67. The molecule has 2 N–H and O–H groups in total. The molecule has 7 heteroatoms. The van der Waals surface area contributed by atoms with Crippen molar-refractivity contribution in [3.63, 3.8) is 0 Å². The first kappa shape index (κ1) is 25.3. The van der Waals surface area contributed by atoms with Crippen LogP contribution in [0, 0.1) is 0 Å². The number of rotatable bonds is 6. The molecular formula is C34H32N4O3. The van der Waals surface area contributed by atoms with Gasteiger partial charge in [0, 0.05) is 29.6 Å². The summed E-state index contributed by atoms with van der Waals surface area (Å²) in [7, 11) is 0. The van der Waals surface area contributed by atoms with E-state index in [1.807, 2.05) is 48.5 Å². The number of amides is 4. The molecule has 0 saturated carbocycles. The van der Waals surface area contributed by atoms with Crippen molar-refractivity contribution in [3.05, 3.63) is 113 Å². The van der Waals surface area contributed by atoms with Gasteiger partial charge in [-0.1, -0.05) is 72.3 Å². The largest absolute Gasteiger partial charge is 0.356 e. The van der Waals surface area contributed by atoms with E-state index in [1.165, 1.54) is 23.3 Å². The van der Waals surface area contributed by atoms with Gasteiger partial charge < -0.3 is 10.3 Å². The molecule has 4 amide bonds. The molecular weight excluding hydrogens is 512 g/mol. The monoisotopic (exact) mass is 544 g/mol. The Labute approximate surface area is 238 Å². The number of imide groups is 1. The highest BCUT2D eigenvalue weighted by Crippen LogP contribution is 2.45. The lowest BCUT2D eigenvalue weighted by Gasteiger charge is -2.36. The Hall–Kier alpha value is -4.65. The van der Waals surface area contributed by atoms with Crippen LogP contribution < -0.4 is 10.2 Å². The van der Waals surface area contributed by atoms with Crippen molar-refractivity contribution in [1.29, 1.82) is 0 Å². The van der Waals surface area contributed by atoms with E-state index < -0.39 is 18.1 Å². The van der Waals surface area contributed by atoms with Gasteiger partial charge in [-0.05, 0) is 61.4 Å². The molecule has 3 heterocycles. The molecule has 3 aliphatic rings. The Morgan fingerprint density at radius 3 is 2.54 bits per heavy atom. The number of H-pyrrole nitrogens is 1. The molecule has 7 rings (SSSR count). The summed E-state index contributed by atoms with van der Waals surface area (Å²) in [6, 6.07) is 23.3. The first-order chi connectivity index (χ1) is 20.1. The molecule has 7 nitrogen and oxygen atoms in total. The third kappa shape index (κ3) is 4.32. The number of anilines is 1. The minimum atomic E-state index is -0.672. The van der Waals surface area contributed by atoms with E-state index >= 15 is 0 Å². The number of carbonyl (C=O) groups is 3. The lowest BCUT2D eigenvalue weighted by molar-refractivity contribution is -0.120. The topological polar surface area (TPSA) is 85.5 Å². The van der Waals surface area contributed by atoms with E-state index in [-0.39, 0.29) is 11.8 Å². The fourth-order valence-corrected chi connectivity index (χ4v) is 6.70. The summed E-state index contributed by atoms with van der Waals surface area (Å²) in [5.74, 6) is -0.585. The van der Waals surface area contributed by atoms with Gasteiger partial charge in [0.15, 0.2) is 0 Å². The minimum absolute atomic E-state index is 0.279. The van der Waals surface area contributed by atoms with Gasteiger partial charge in [-0.2, -0.15) is 0 Å². The van der Waals surface area contributed by atoms with Gasteiger partial charge in [0.1, 0.15) is 12.1 Å². The van der Waals surface area contributed by atoms with E-state index in [4.69, 9.17) is 0 Å². The molecule has 1 aromatic heterocycles. The minimum Gasteiger partial charge on any atom is -0.356 e. The number of allylic oxidation sites excluding steroid dienone is 1. The standard InChI is InChI=1S/C34H32N4O3/c39-32(35-20-19-22-11-3-1-4-12-22)25-16-8-10-18-28(25)38-33(40)29-21-26-24-15-7-9-17-27(24)36-30(26)31(37(29)34(38)41)23-13-5-2-6-14-23/h2,5-11,13-18,29,31,36H,1,3-4,12,19-21H2,(H,35,39)/t29-,31+/m0/s1. The average molecular weight is 545 g/mol. The second-order valence-electron chi connectivity index (χ2n) is 11.1. The second-order valence-corrected chi connectivity index (χ2v) is 11.1. The zero-order chi connectivity index (χ0) is 27.9. The number of benzene rings is 3. The average Bonchev–Trinajstić information content (AvgIpc) is 3.51. The van der Waals surface area contributed by atoms with Crippen molar-refractivity contribution in [2.75, 3.05) is 11.4 Å². The maximum atomic E-state index is 14.2. The Kier molecular flexibility index (Phi) is 6.42. The lowest BCUT2D eigenvalue weighted by atomic mass is 9.89. The molecule has 0 spiro atoms. The van der Waals surface area contributed by atoms with E-state index in [1.54, 1.807) is 29.2 Å². The molecule has 1 aliphatic carbocycles. The van der Waals surface area contributed by atoms with Crippen molar-refractivity contribution in [2.45, 2.75) is 50.6 Å². The molecule has 0 radical (unpaired) electrons. The summed E-state index contributed by atoms with van der Waals surface area (Å²) in [5, 5.41) is 4.08. The molecule has 41 heavy (non-hydrogen) atoms. The van der Waals surface area contributed by atoms with E-state index in [9.17, 15) is 14.4 Å². The maximum Gasteiger partial charge on any atom is 0.332 e. The number of nitrogens with zero attached hydrogens (tertiary/aromatic N) is 2. The van der Waals surface area contributed by atoms with Gasteiger partial charge in [0.25, 0.3) is 11.8 Å². The van der Waals surface area contributed by atoms with Crippen LogP contribution in [0.25, 0.3) is 10.9 Å². The first-order valence-corrected chi connectivity index (χ1v) is 14.5. The zero-order valence-corrected chi connectivity index (χ0v) is 22.8. The smallest absolute Gasteiger partial charge is 0.332 e. The summed E-state index contributed by atoms with van der Waals surface area (Å²) >= 11 is 0. The molecule has 2 aliphatic heterocycles. The highest BCUT2D eigenvalue weighted by atomic mass is 16.2. The number of aromatic amines is 1. The summed E-state index contributed by atoms with van der Waals surface area (Å²) in [6.07, 6.45) is 8.12. The number of para-hydroxylation sites is 2. The molecule has 206 valence electrons. The summed E-state index contributed by atoms with van der Waals surface area (Å²) in [5.41, 5.74) is 5.94. The predicted octanol–water partition coefficient (Wildman–Crippen LogP) is 6.27. The number of hydrogen-bond donors (Lipinski definition) is 2. The highest BCUT2D eigenvalue weighted by Gasteiger charge is 2.53. The molecule has 4 aromatic rings. The second kappa shape index (κ2) is 10.4. The van der Waals surface area contributed by atoms with Gasteiger partial charge >= 0.3 is 6.03 Å². The maximum absolute atomic E-state index is 14.2. The van der Waals surface area contributed by atoms with Crippen LogP contribution in [0.15, 0.2) is 90.5 Å². The van der Waals surface area contributed by atoms with Crippen molar-refractivity contribution in [2.24, 2.45) is 0 Å². The quantitative estimate of drug-likeness (QED) is 0.222. The van der Waals surface area contributed by atoms with Crippen molar-refractivity contribution in [3.8, 4) is 0 Å². The van der Waals surface area contributed by atoms with E-state index in [2.05, 4.69) is 22.4 Å². The number of carbonyl (C=O) groups excluding carboxylic acids is 3. The van der Waals surface area contributed by atoms with Crippen LogP contribution in [-0.2, 0) is 11.2 Å². The Bertz CT molecular complexity index is 1690. The normalized spacial score (nSPS) is 20.1. The molecule has 3 aromatic carbocycles. The Balaban J connectivity index is 1.23. The van der Waals surface area contributed by atoms with Gasteiger partial charge in [-0.3, -0.25) is 14.5 Å². The van der Waals surface area contributed by atoms with E-state index in [0.717, 1.165) is 47.0 Å². The molecule has 2 atom stereocenters. The van der Waals surface area contributed by atoms with Crippen LogP contribution in [0.3, 0.4) is 0 Å². The third-order valence-electron chi connectivity index (χ3n) is 8.67. The van der Waals surface area contributed by atoms with Gasteiger partial charge in [-0.15, -0.1) is 0 Å². The van der Waals surface area contributed by atoms with Crippen molar-refractivity contribution in [1.82, 2.24) is 15.2 Å². The fraction of sp³-hybridized carbons (Fsp3) is 0.265. The lowest BCUT2D eigenvalue weighted by Crippen LogP contribution is -2.44. The first-order valence-electron chi connectivity index (χ1n) is 14.5. The Morgan fingerprint density at radius 2 is 1.71 bits per heavy atom. The number of aromatic nitrogens is 1. The molecule has 0 bridgehead atoms. The molecule has 0 unspecified atom stereocenters. The Morgan fingerprint density at radius 1 is 0.927 bits per heavy atom. The van der Waals surface area contributed by atoms with Crippen LogP contribution >= 0.6 is 0 Å².